The zero-order valence-electron chi connectivity index (χ0n) is 22.4. The number of Topliss-reactive ketones (excluding diaryl/α,β-unsaturated/α-hetero) is 1. The molecular weight excluding hydrogens is 549 g/mol. The molecule has 0 aliphatic carbocycles. The summed E-state index contributed by atoms with van der Waals surface area (Å²) in [6, 6.07) is 14.5. The zero-order chi connectivity index (χ0) is 29.9. The standard InChI is InChI=1S/C31H27F3N4O4/c32-21-10-8-20(9-11-21)17-29(40)38-31(41)37-23-12-13-28(26(33)19-23)42-24-14-16-35-22(18-24)5-2-1-3-7-27(39)25-6-4-15-36-30(25)34/h4,6,8-16,18-19H,1-3,5,7,17H2,(H2,37,38,40,41). The van der Waals surface area contributed by atoms with Gasteiger partial charge >= 0.3 is 6.03 Å². The summed E-state index contributed by atoms with van der Waals surface area (Å²) in [5.74, 6) is -2.54. The number of hydrogen-bond acceptors (Lipinski definition) is 6. The van der Waals surface area contributed by atoms with Crippen LogP contribution in [0.1, 0.15) is 47.3 Å². The lowest BCUT2D eigenvalue weighted by molar-refractivity contribution is -0.119. The van der Waals surface area contributed by atoms with Gasteiger partial charge in [-0.05, 0) is 67.3 Å². The molecule has 2 heterocycles. The lowest BCUT2D eigenvalue weighted by atomic mass is 10.0. The summed E-state index contributed by atoms with van der Waals surface area (Å²) < 4.78 is 47.0. The van der Waals surface area contributed by atoms with E-state index in [-0.39, 0.29) is 35.6 Å². The smallest absolute Gasteiger partial charge is 0.325 e. The third-order valence-electron chi connectivity index (χ3n) is 6.13. The number of imide groups is 1. The van der Waals surface area contributed by atoms with Crippen molar-refractivity contribution in [1.29, 1.82) is 0 Å². The van der Waals surface area contributed by atoms with Gasteiger partial charge in [0.05, 0.1) is 12.0 Å². The predicted octanol–water partition coefficient (Wildman–Crippen LogP) is 6.56. The van der Waals surface area contributed by atoms with E-state index in [9.17, 15) is 27.6 Å². The second-order valence-corrected chi connectivity index (χ2v) is 9.36. The van der Waals surface area contributed by atoms with Crippen molar-refractivity contribution in [2.45, 2.75) is 38.5 Å². The van der Waals surface area contributed by atoms with E-state index in [1.165, 1.54) is 54.7 Å². The fraction of sp³-hybridized carbons (Fsp3) is 0.194. The zero-order valence-corrected chi connectivity index (χ0v) is 22.4. The number of ether oxygens (including phenoxy) is 1. The van der Waals surface area contributed by atoms with Gasteiger partial charge in [-0.15, -0.1) is 0 Å². The number of aryl methyl sites for hydroxylation is 1. The number of carbonyl (C=O) groups excluding carboxylic acids is 3. The molecule has 2 N–H and O–H groups in total. The number of urea groups is 1. The highest BCUT2D eigenvalue weighted by atomic mass is 19.1. The molecule has 0 saturated carbocycles. The number of ketones is 1. The first-order valence-electron chi connectivity index (χ1n) is 13.2. The molecule has 0 fully saturated rings. The van der Waals surface area contributed by atoms with Crippen LogP contribution in [0.5, 0.6) is 11.5 Å². The fourth-order valence-corrected chi connectivity index (χ4v) is 4.06. The summed E-state index contributed by atoms with van der Waals surface area (Å²) in [6.45, 7) is 0. The number of nitrogens with zero attached hydrogens (tertiary/aromatic N) is 2. The minimum absolute atomic E-state index is 0.00283. The Morgan fingerprint density at radius 2 is 1.64 bits per heavy atom. The van der Waals surface area contributed by atoms with Gasteiger partial charge in [-0.1, -0.05) is 18.6 Å². The molecule has 2 aromatic carbocycles. The van der Waals surface area contributed by atoms with Crippen LogP contribution in [0, 0.1) is 17.6 Å². The maximum atomic E-state index is 14.7. The van der Waals surface area contributed by atoms with Crippen LogP contribution in [0.2, 0.25) is 0 Å². The summed E-state index contributed by atoms with van der Waals surface area (Å²) in [6.07, 6.45) is 5.60. The van der Waals surface area contributed by atoms with Gasteiger partial charge in [-0.25, -0.2) is 18.6 Å². The lowest BCUT2D eigenvalue weighted by Gasteiger charge is -2.11. The molecule has 0 atom stereocenters. The number of anilines is 1. The molecule has 0 bridgehead atoms. The van der Waals surface area contributed by atoms with Crippen molar-refractivity contribution in [2.75, 3.05) is 5.32 Å². The van der Waals surface area contributed by atoms with Crippen LogP contribution in [0.15, 0.2) is 79.1 Å². The number of hydrogen-bond donors (Lipinski definition) is 2. The number of aromatic nitrogens is 2. The third kappa shape index (κ3) is 8.98. The van der Waals surface area contributed by atoms with E-state index in [0.29, 0.717) is 24.2 Å². The van der Waals surface area contributed by atoms with Crippen LogP contribution in [0.25, 0.3) is 0 Å². The van der Waals surface area contributed by atoms with Gasteiger partial charge < -0.3 is 10.1 Å². The average molecular weight is 577 g/mol. The molecule has 0 radical (unpaired) electrons. The summed E-state index contributed by atoms with van der Waals surface area (Å²) in [4.78, 5) is 44.1. The second-order valence-electron chi connectivity index (χ2n) is 9.36. The van der Waals surface area contributed by atoms with Crippen LogP contribution in [-0.4, -0.2) is 27.7 Å². The Kier molecular flexibility index (Phi) is 10.4. The van der Waals surface area contributed by atoms with Crippen LogP contribution in [0.4, 0.5) is 23.7 Å². The Bertz CT molecular complexity index is 1560. The summed E-state index contributed by atoms with van der Waals surface area (Å²) >= 11 is 0. The molecule has 0 aliphatic heterocycles. The lowest BCUT2D eigenvalue weighted by Crippen LogP contribution is -2.35. The van der Waals surface area contributed by atoms with Crippen molar-refractivity contribution in [3.05, 3.63) is 114 Å². The van der Waals surface area contributed by atoms with Crippen molar-refractivity contribution in [3.63, 3.8) is 0 Å². The number of nitrogens with one attached hydrogen (secondary N) is 2. The minimum Gasteiger partial charge on any atom is -0.454 e. The molecule has 0 aliphatic rings. The Labute approximate surface area is 240 Å². The molecule has 216 valence electrons. The van der Waals surface area contributed by atoms with Gasteiger partial charge in [0.2, 0.25) is 11.9 Å². The molecule has 8 nitrogen and oxygen atoms in total. The topological polar surface area (TPSA) is 110 Å². The minimum atomic E-state index is -0.845. The van der Waals surface area contributed by atoms with Crippen LogP contribution < -0.4 is 15.4 Å². The van der Waals surface area contributed by atoms with Crippen LogP contribution >= 0.6 is 0 Å². The van der Waals surface area contributed by atoms with Crippen LogP contribution in [0.3, 0.4) is 0 Å². The molecule has 3 amide bonds. The number of pyridine rings is 2. The van der Waals surface area contributed by atoms with Gasteiger partial charge in [-0.3, -0.25) is 19.9 Å². The van der Waals surface area contributed by atoms with E-state index in [2.05, 4.69) is 20.6 Å². The molecule has 42 heavy (non-hydrogen) atoms. The first kappa shape index (κ1) is 29.9. The first-order chi connectivity index (χ1) is 20.3. The van der Waals surface area contributed by atoms with Crippen molar-refractivity contribution in [2.24, 2.45) is 0 Å². The molecule has 4 rings (SSSR count). The highest BCUT2D eigenvalue weighted by molar-refractivity contribution is 6.01. The Morgan fingerprint density at radius 1 is 0.833 bits per heavy atom. The summed E-state index contributed by atoms with van der Waals surface area (Å²) in [5, 5.41) is 4.52. The summed E-state index contributed by atoms with van der Waals surface area (Å²) in [5.41, 5.74) is 1.35. The Hall–Kier alpha value is -5.06. The first-order valence-corrected chi connectivity index (χ1v) is 13.2. The quantitative estimate of drug-likeness (QED) is 0.112. The molecule has 0 saturated heterocycles. The van der Waals surface area contributed by atoms with E-state index >= 15 is 0 Å². The number of amides is 3. The van der Waals surface area contributed by atoms with Crippen LogP contribution in [-0.2, 0) is 17.6 Å². The fourth-order valence-electron chi connectivity index (χ4n) is 4.06. The highest BCUT2D eigenvalue weighted by Gasteiger charge is 2.13. The van der Waals surface area contributed by atoms with Gasteiger partial charge in [0.25, 0.3) is 0 Å². The predicted molar refractivity (Wildman–Crippen MR) is 149 cm³/mol. The van der Waals surface area contributed by atoms with Crippen molar-refractivity contribution in [1.82, 2.24) is 15.3 Å². The molecule has 2 aromatic heterocycles. The number of halogens is 3. The highest BCUT2D eigenvalue weighted by Crippen LogP contribution is 2.27. The number of rotatable bonds is 12. The second kappa shape index (κ2) is 14.5. The average Bonchev–Trinajstić information content (AvgIpc) is 2.96. The monoisotopic (exact) mass is 576 g/mol. The molecular formula is C31H27F3N4O4. The number of carbonyl (C=O) groups is 3. The SMILES string of the molecule is O=C(Cc1ccc(F)cc1)NC(=O)Nc1ccc(Oc2ccnc(CCCCCC(=O)c3cccnc3F)c2)c(F)c1. The van der Waals surface area contributed by atoms with Crippen molar-refractivity contribution >= 4 is 23.4 Å². The number of unbranched alkanes of at least 4 members (excludes halogenated alkanes) is 2. The van der Waals surface area contributed by atoms with Crippen molar-refractivity contribution < 1.29 is 32.3 Å². The summed E-state index contributed by atoms with van der Waals surface area (Å²) in [7, 11) is 0. The van der Waals surface area contributed by atoms with Gasteiger partial charge in [0.1, 0.15) is 11.6 Å². The Morgan fingerprint density at radius 3 is 2.40 bits per heavy atom. The molecule has 0 unspecified atom stereocenters. The molecule has 11 heteroatoms. The largest absolute Gasteiger partial charge is 0.454 e. The maximum absolute atomic E-state index is 14.7. The van der Waals surface area contributed by atoms with E-state index in [4.69, 9.17) is 4.74 Å². The van der Waals surface area contributed by atoms with E-state index in [1.54, 1.807) is 18.3 Å². The molecule has 0 spiro atoms. The van der Waals surface area contributed by atoms with Gasteiger partial charge in [0.15, 0.2) is 17.3 Å². The maximum Gasteiger partial charge on any atom is 0.325 e. The van der Waals surface area contributed by atoms with Gasteiger partial charge in [0, 0.05) is 42.3 Å². The van der Waals surface area contributed by atoms with E-state index in [0.717, 1.165) is 24.6 Å². The van der Waals surface area contributed by atoms with Crippen molar-refractivity contribution in [3.8, 4) is 11.5 Å². The molecule has 4 aromatic rings. The van der Waals surface area contributed by atoms with Gasteiger partial charge in [-0.2, -0.15) is 4.39 Å². The third-order valence-corrected chi connectivity index (χ3v) is 6.13. The normalized spacial score (nSPS) is 10.6. The van der Waals surface area contributed by atoms with E-state index < -0.39 is 29.5 Å². The number of benzene rings is 2. The Balaban J connectivity index is 1.22. The van der Waals surface area contributed by atoms with E-state index in [1.807, 2.05) is 0 Å².